The van der Waals surface area contributed by atoms with Crippen molar-refractivity contribution in [1.82, 2.24) is 14.8 Å². The van der Waals surface area contributed by atoms with Gasteiger partial charge >= 0.3 is 0 Å². The average molecular weight is 246 g/mol. The molecule has 18 heavy (non-hydrogen) atoms. The van der Waals surface area contributed by atoms with E-state index in [1.807, 2.05) is 30.3 Å². The molecule has 3 heterocycles. The van der Waals surface area contributed by atoms with Crippen LogP contribution in [0.25, 0.3) is 10.9 Å². The summed E-state index contributed by atoms with van der Waals surface area (Å²) in [5.41, 5.74) is 2.19. The van der Waals surface area contributed by atoms with E-state index in [4.69, 9.17) is 0 Å². The van der Waals surface area contributed by atoms with Crippen molar-refractivity contribution in [3.05, 3.63) is 18.6 Å². The molecule has 0 saturated carbocycles. The zero-order chi connectivity index (χ0) is 12.5. The van der Waals surface area contributed by atoms with E-state index in [2.05, 4.69) is 15.0 Å². The van der Waals surface area contributed by atoms with Crippen LogP contribution in [0.15, 0.2) is 18.6 Å². The van der Waals surface area contributed by atoms with Crippen molar-refractivity contribution >= 4 is 16.6 Å². The Hall–Kier alpha value is -1.62. The van der Waals surface area contributed by atoms with Crippen LogP contribution < -0.4 is 4.90 Å². The normalized spacial score (nSPS) is 20.6. The zero-order valence-corrected chi connectivity index (χ0v) is 10.6. The topological polar surface area (TPSA) is 54.2 Å². The first-order valence-corrected chi connectivity index (χ1v) is 6.41. The lowest BCUT2D eigenvalue weighted by Crippen LogP contribution is -2.36. The molecule has 96 valence electrons. The summed E-state index contributed by atoms with van der Waals surface area (Å²) in [4.78, 5) is 6.63. The molecular formula is C13H18N4O. The average Bonchev–Trinajstić information content (AvgIpc) is 2.81. The third-order valence-electron chi connectivity index (χ3n) is 3.77. The molecule has 2 aromatic heterocycles. The fourth-order valence-corrected chi connectivity index (χ4v) is 2.73. The van der Waals surface area contributed by atoms with Gasteiger partial charge in [-0.3, -0.25) is 9.67 Å². The van der Waals surface area contributed by atoms with Gasteiger partial charge in [0, 0.05) is 32.1 Å². The van der Waals surface area contributed by atoms with Crippen LogP contribution in [-0.2, 0) is 7.05 Å². The van der Waals surface area contributed by atoms with E-state index in [1.165, 1.54) is 0 Å². The molecule has 1 unspecified atom stereocenters. The molecule has 5 heteroatoms. The van der Waals surface area contributed by atoms with Gasteiger partial charge < -0.3 is 10.0 Å². The SMILES string of the molecule is Cn1ncc2c(N3CCCC(CO)C3)cncc21. The van der Waals surface area contributed by atoms with Gasteiger partial charge in [0.25, 0.3) is 0 Å². The van der Waals surface area contributed by atoms with Gasteiger partial charge in [0.15, 0.2) is 0 Å². The Kier molecular flexibility index (Phi) is 2.91. The van der Waals surface area contributed by atoms with Crippen LogP contribution >= 0.6 is 0 Å². The molecule has 1 N–H and O–H groups in total. The second-order valence-corrected chi connectivity index (χ2v) is 5.00. The van der Waals surface area contributed by atoms with Crippen molar-refractivity contribution in [3.8, 4) is 0 Å². The molecule has 0 bridgehead atoms. The Morgan fingerprint density at radius 3 is 3.11 bits per heavy atom. The first-order valence-electron chi connectivity index (χ1n) is 6.41. The van der Waals surface area contributed by atoms with Crippen molar-refractivity contribution in [2.24, 2.45) is 13.0 Å². The molecule has 0 amide bonds. The molecule has 1 aliphatic rings. The molecular weight excluding hydrogens is 228 g/mol. The van der Waals surface area contributed by atoms with E-state index >= 15 is 0 Å². The minimum Gasteiger partial charge on any atom is -0.396 e. The number of hydrogen-bond donors (Lipinski definition) is 1. The van der Waals surface area contributed by atoms with Crippen LogP contribution in [-0.4, -0.2) is 39.6 Å². The summed E-state index contributed by atoms with van der Waals surface area (Å²) in [5, 5.41) is 14.7. The maximum atomic E-state index is 9.31. The molecule has 2 aromatic rings. The number of aryl methyl sites for hydroxylation is 1. The van der Waals surface area contributed by atoms with E-state index < -0.39 is 0 Å². The van der Waals surface area contributed by atoms with Crippen LogP contribution in [0.1, 0.15) is 12.8 Å². The van der Waals surface area contributed by atoms with Crippen LogP contribution in [0.5, 0.6) is 0 Å². The number of nitrogens with zero attached hydrogens (tertiary/aromatic N) is 4. The molecule has 1 saturated heterocycles. The first-order chi connectivity index (χ1) is 8.79. The third kappa shape index (κ3) is 1.84. The van der Waals surface area contributed by atoms with E-state index in [-0.39, 0.29) is 6.61 Å². The molecule has 1 aliphatic heterocycles. The standard InChI is InChI=1S/C13H18N4O/c1-16-12-6-14-7-13(11(12)5-15-16)17-4-2-3-10(8-17)9-18/h5-7,10,18H,2-4,8-9H2,1H3. The third-order valence-corrected chi connectivity index (χ3v) is 3.77. The van der Waals surface area contributed by atoms with Gasteiger partial charge in [-0.15, -0.1) is 0 Å². The van der Waals surface area contributed by atoms with Crippen LogP contribution in [0.3, 0.4) is 0 Å². The van der Waals surface area contributed by atoms with Crippen molar-refractivity contribution in [3.63, 3.8) is 0 Å². The van der Waals surface area contributed by atoms with Gasteiger partial charge in [-0.2, -0.15) is 5.10 Å². The van der Waals surface area contributed by atoms with E-state index in [0.717, 1.165) is 42.5 Å². The fourth-order valence-electron chi connectivity index (χ4n) is 2.73. The highest BCUT2D eigenvalue weighted by atomic mass is 16.3. The van der Waals surface area contributed by atoms with Gasteiger partial charge in [-0.25, -0.2) is 0 Å². The van der Waals surface area contributed by atoms with E-state index in [1.54, 1.807) is 0 Å². The fraction of sp³-hybridized carbons (Fsp3) is 0.538. The lowest BCUT2D eigenvalue weighted by atomic mass is 9.98. The van der Waals surface area contributed by atoms with Crippen LogP contribution in [0, 0.1) is 5.92 Å². The lowest BCUT2D eigenvalue weighted by Gasteiger charge is -2.33. The number of rotatable bonds is 2. The Bertz CT molecular complexity index is 551. The number of piperidine rings is 1. The Morgan fingerprint density at radius 2 is 2.28 bits per heavy atom. The largest absolute Gasteiger partial charge is 0.396 e. The number of pyridine rings is 1. The van der Waals surface area contributed by atoms with Gasteiger partial charge in [-0.1, -0.05) is 0 Å². The molecule has 0 spiro atoms. The number of aliphatic hydroxyl groups is 1. The van der Waals surface area contributed by atoms with E-state index in [0.29, 0.717) is 5.92 Å². The lowest BCUT2D eigenvalue weighted by molar-refractivity contribution is 0.209. The maximum Gasteiger partial charge on any atom is 0.0883 e. The summed E-state index contributed by atoms with van der Waals surface area (Å²) in [7, 11) is 1.93. The molecule has 0 aliphatic carbocycles. The van der Waals surface area contributed by atoms with Crippen LogP contribution in [0.2, 0.25) is 0 Å². The quantitative estimate of drug-likeness (QED) is 0.864. The molecule has 0 radical (unpaired) electrons. The Balaban J connectivity index is 1.98. The minimum absolute atomic E-state index is 0.271. The number of aromatic nitrogens is 3. The molecule has 1 fully saturated rings. The van der Waals surface area contributed by atoms with Gasteiger partial charge in [0.05, 0.1) is 29.8 Å². The monoisotopic (exact) mass is 246 g/mol. The predicted molar refractivity (Wildman–Crippen MR) is 70.5 cm³/mol. The smallest absolute Gasteiger partial charge is 0.0883 e. The van der Waals surface area contributed by atoms with Crippen molar-refractivity contribution in [2.45, 2.75) is 12.8 Å². The summed E-state index contributed by atoms with van der Waals surface area (Å²) in [6, 6.07) is 0. The summed E-state index contributed by atoms with van der Waals surface area (Å²) in [6.07, 6.45) is 7.89. The number of hydrogen-bond acceptors (Lipinski definition) is 4. The van der Waals surface area contributed by atoms with Crippen LogP contribution in [0.4, 0.5) is 5.69 Å². The summed E-state index contributed by atoms with van der Waals surface area (Å²) in [5.74, 6) is 0.380. The number of fused-ring (bicyclic) bond motifs is 1. The molecule has 0 aromatic carbocycles. The Morgan fingerprint density at radius 1 is 1.39 bits per heavy atom. The van der Waals surface area contributed by atoms with Gasteiger partial charge in [0.1, 0.15) is 0 Å². The summed E-state index contributed by atoms with van der Waals surface area (Å²) in [6.45, 7) is 2.21. The Labute approximate surface area is 106 Å². The highest BCUT2D eigenvalue weighted by Crippen LogP contribution is 2.28. The number of anilines is 1. The van der Waals surface area contributed by atoms with Crippen molar-refractivity contribution in [2.75, 3.05) is 24.6 Å². The highest BCUT2D eigenvalue weighted by molar-refractivity contribution is 5.90. The maximum absolute atomic E-state index is 9.31. The van der Waals surface area contributed by atoms with E-state index in [9.17, 15) is 5.11 Å². The number of aliphatic hydroxyl groups excluding tert-OH is 1. The second kappa shape index (κ2) is 4.57. The second-order valence-electron chi connectivity index (χ2n) is 5.00. The zero-order valence-electron chi connectivity index (χ0n) is 10.6. The first kappa shape index (κ1) is 11.5. The molecule has 3 rings (SSSR count). The predicted octanol–water partition coefficient (Wildman–Crippen LogP) is 1.18. The van der Waals surface area contributed by atoms with Crippen molar-refractivity contribution in [1.29, 1.82) is 0 Å². The molecule has 1 atom stereocenters. The minimum atomic E-state index is 0.271. The molecule has 5 nitrogen and oxygen atoms in total. The summed E-state index contributed by atoms with van der Waals surface area (Å²) >= 11 is 0. The van der Waals surface area contributed by atoms with Crippen molar-refractivity contribution < 1.29 is 5.11 Å². The van der Waals surface area contributed by atoms with Gasteiger partial charge in [0.2, 0.25) is 0 Å². The summed E-state index contributed by atoms with van der Waals surface area (Å²) < 4.78 is 1.85. The van der Waals surface area contributed by atoms with Gasteiger partial charge in [-0.05, 0) is 18.8 Å². The highest BCUT2D eigenvalue weighted by Gasteiger charge is 2.21.